The fraction of sp³-hybridized carbons (Fsp3) is 0.100. The van der Waals surface area contributed by atoms with E-state index in [0.717, 1.165) is 6.26 Å². The topological polar surface area (TPSA) is 56.3 Å². The van der Waals surface area contributed by atoms with Gasteiger partial charge in [-0.2, -0.15) is 4.98 Å². The van der Waals surface area contributed by atoms with Gasteiger partial charge in [-0.15, -0.1) is 0 Å². The van der Waals surface area contributed by atoms with Crippen LogP contribution in [0.15, 0.2) is 34.5 Å². The number of sulfone groups is 1. The standard InChI is InChI=1S/C10H8ClNO3S2/c1-17(13,14)8-4-2-3-7(5-8)15-10-12-9(11)6-16-10/h2-6H,1H3. The summed E-state index contributed by atoms with van der Waals surface area (Å²) in [6.07, 6.45) is 1.15. The molecule has 0 saturated carbocycles. The fourth-order valence-electron chi connectivity index (χ4n) is 1.15. The van der Waals surface area contributed by atoms with E-state index in [4.69, 9.17) is 16.3 Å². The highest BCUT2D eigenvalue weighted by atomic mass is 35.5. The second-order valence-electron chi connectivity index (χ2n) is 3.29. The monoisotopic (exact) mass is 289 g/mol. The first-order valence-electron chi connectivity index (χ1n) is 4.54. The lowest BCUT2D eigenvalue weighted by atomic mass is 10.3. The van der Waals surface area contributed by atoms with Crippen molar-refractivity contribution >= 4 is 32.8 Å². The Labute approximate surface area is 108 Å². The molecule has 0 bridgehead atoms. The van der Waals surface area contributed by atoms with Crippen molar-refractivity contribution in [3.05, 3.63) is 34.8 Å². The second kappa shape index (κ2) is 4.64. The Balaban J connectivity index is 2.28. The van der Waals surface area contributed by atoms with Crippen LogP contribution in [-0.2, 0) is 9.84 Å². The van der Waals surface area contributed by atoms with E-state index in [2.05, 4.69) is 4.98 Å². The van der Waals surface area contributed by atoms with E-state index in [9.17, 15) is 8.42 Å². The summed E-state index contributed by atoms with van der Waals surface area (Å²) < 4.78 is 28.1. The minimum Gasteiger partial charge on any atom is -0.431 e. The molecule has 1 aromatic carbocycles. The maximum Gasteiger partial charge on any atom is 0.280 e. The third-order valence-corrected chi connectivity index (χ3v) is 4.04. The smallest absolute Gasteiger partial charge is 0.280 e. The van der Waals surface area contributed by atoms with Crippen LogP contribution in [-0.4, -0.2) is 19.7 Å². The molecule has 0 aliphatic heterocycles. The van der Waals surface area contributed by atoms with Crippen LogP contribution >= 0.6 is 22.9 Å². The first kappa shape index (κ1) is 12.3. The predicted molar refractivity (Wildman–Crippen MR) is 66.7 cm³/mol. The molecular weight excluding hydrogens is 282 g/mol. The van der Waals surface area contributed by atoms with Gasteiger partial charge < -0.3 is 4.74 Å². The van der Waals surface area contributed by atoms with Crippen LogP contribution in [0, 0.1) is 0 Å². The van der Waals surface area contributed by atoms with Gasteiger partial charge in [0.1, 0.15) is 10.9 Å². The number of hydrogen-bond acceptors (Lipinski definition) is 5. The lowest BCUT2D eigenvalue weighted by molar-refractivity contribution is 0.477. The SMILES string of the molecule is CS(=O)(=O)c1cccc(Oc2nc(Cl)cs2)c1. The Hall–Kier alpha value is -1.11. The van der Waals surface area contributed by atoms with Crippen molar-refractivity contribution in [1.82, 2.24) is 4.98 Å². The summed E-state index contributed by atoms with van der Waals surface area (Å²) in [6.45, 7) is 0. The maximum absolute atomic E-state index is 11.4. The molecule has 0 unspecified atom stereocenters. The van der Waals surface area contributed by atoms with Crippen molar-refractivity contribution in [3.8, 4) is 10.9 Å². The molecule has 2 rings (SSSR count). The molecule has 0 atom stereocenters. The van der Waals surface area contributed by atoms with E-state index >= 15 is 0 Å². The van der Waals surface area contributed by atoms with Gasteiger partial charge in [-0.3, -0.25) is 0 Å². The Kier molecular flexibility index (Phi) is 3.37. The largest absolute Gasteiger partial charge is 0.431 e. The molecular formula is C10H8ClNO3S2. The Morgan fingerprint density at radius 2 is 2.18 bits per heavy atom. The zero-order chi connectivity index (χ0) is 12.5. The highest BCUT2D eigenvalue weighted by Gasteiger charge is 2.09. The van der Waals surface area contributed by atoms with E-state index in [-0.39, 0.29) is 4.90 Å². The number of hydrogen-bond donors (Lipinski definition) is 0. The number of rotatable bonds is 3. The molecule has 1 heterocycles. The lowest BCUT2D eigenvalue weighted by Gasteiger charge is -2.03. The van der Waals surface area contributed by atoms with Crippen LogP contribution in [0.2, 0.25) is 5.15 Å². The van der Waals surface area contributed by atoms with Crippen molar-refractivity contribution in [1.29, 1.82) is 0 Å². The summed E-state index contributed by atoms with van der Waals surface area (Å²) in [5.74, 6) is 0.416. The quantitative estimate of drug-likeness (QED) is 0.871. The molecule has 0 amide bonds. The molecule has 0 N–H and O–H groups in total. The molecule has 2 aromatic rings. The number of thiazole rings is 1. The third-order valence-electron chi connectivity index (χ3n) is 1.89. The highest BCUT2D eigenvalue weighted by Crippen LogP contribution is 2.28. The van der Waals surface area contributed by atoms with E-state index < -0.39 is 9.84 Å². The normalized spacial score (nSPS) is 11.4. The molecule has 17 heavy (non-hydrogen) atoms. The Morgan fingerprint density at radius 3 is 2.76 bits per heavy atom. The Morgan fingerprint density at radius 1 is 1.41 bits per heavy atom. The molecule has 0 saturated heterocycles. The van der Waals surface area contributed by atoms with E-state index in [0.29, 0.717) is 16.1 Å². The van der Waals surface area contributed by atoms with Gasteiger partial charge in [-0.25, -0.2) is 8.42 Å². The molecule has 0 radical (unpaired) electrons. The van der Waals surface area contributed by atoms with Crippen LogP contribution in [0.3, 0.4) is 0 Å². The van der Waals surface area contributed by atoms with Crippen molar-refractivity contribution in [2.75, 3.05) is 6.26 Å². The second-order valence-corrected chi connectivity index (χ2v) is 6.51. The third kappa shape index (κ3) is 3.18. The molecule has 7 heteroatoms. The van der Waals surface area contributed by atoms with E-state index in [1.54, 1.807) is 17.5 Å². The summed E-state index contributed by atoms with van der Waals surface area (Å²) in [5.41, 5.74) is 0. The number of nitrogens with zero attached hydrogens (tertiary/aromatic N) is 1. The predicted octanol–water partition coefficient (Wildman–Crippen LogP) is 2.99. The average molecular weight is 290 g/mol. The number of aromatic nitrogens is 1. The number of halogens is 1. The lowest BCUT2D eigenvalue weighted by Crippen LogP contribution is -1.96. The summed E-state index contributed by atoms with van der Waals surface area (Å²) in [7, 11) is -3.24. The van der Waals surface area contributed by atoms with Crippen LogP contribution in [0.25, 0.3) is 0 Å². The zero-order valence-electron chi connectivity index (χ0n) is 8.75. The van der Waals surface area contributed by atoms with Gasteiger partial charge >= 0.3 is 0 Å². The van der Waals surface area contributed by atoms with Crippen LogP contribution < -0.4 is 4.74 Å². The van der Waals surface area contributed by atoms with Gasteiger partial charge in [0.15, 0.2) is 9.84 Å². The van der Waals surface area contributed by atoms with Crippen molar-refractivity contribution in [3.63, 3.8) is 0 Å². The van der Waals surface area contributed by atoms with Crippen molar-refractivity contribution in [2.45, 2.75) is 4.90 Å². The van der Waals surface area contributed by atoms with E-state index in [1.807, 2.05) is 0 Å². The fourth-order valence-corrected chi connectivity index (χ4v) is 2.62. The minimum absolute atomic E-state index is 0.206. The van der Waals surface area contributed by atoms with Gasteiger partial charge in [-0.1, -0.05) is 29.0 Å². The molecule has 4 nitrogen and oxygen atoms in total. The molecule has 0 aliphatic carbocycles. The molecule has 0 fully saturated rings. The first-order chi connectivity index (χ1) is 7.95. The molecule has 1 aromatic heterocycles. The molecule has 0 aliphatic rings. The first-order valence-corrected chi connectivity index (χ1v) is 7.69. The number of benzene rings is 1. The summed E-state index contributed by atoms with van der Waals surface area (Å²) in [5, 5.41) is 2.36. The molecule has 90 valence electrons. The van der Waals surface area contributed by atoms with E-state index in [1.165, 1.54) is 23.5 Å². The van der Waals surface area contributed by atoms with Crippen LogP contribution in [0.4, 0.5) is 0 Å². The minimum atomic E-state index is -3.24. The zero-order valence-corrected chi connectivity index (χ0v) is 11.1. The molecule has 0 spiro atoms. The summed E-state index contributed by atoms with van der Waals surface area (Å²) >= 11 is 6.90. The van der Waals surface area contributed by atoms with Gasteiger partial charge in [0.05, 0.1) is 4.90 Å². The van der Waals surface area contributed by atoms with Gasteiger partial charge in [0.2, 0.25) is 0 Å². The van der Waals surface area contributed by atoms with Gasteiger partial charge in [0, 0.05) is 11.6 Å². The van der Waals surface area contributed by atoms with Gasteiger partial charge in [-0.05, 0) is 18.2 Å². The maximum atomic E-state index is 11.4. The van der Waals surface area contributed by atoms with Crippen molar-refractivity contribution in [2.24, 2.45) is 0 Å². The summed E-state index contributed by atoms with van der Waals surface area (Å²) in [4.78, 5) is 4.12. The summed E-state index contributed by atoms with van der Waals surface area (Å²) in [6, 6.07) is 6.23. The highest BCUT2D eigenvalue weighted by molar-refractivity contribution is 7.90. The Bertz CT molecular complexity index is 637. The van der Waals surface area contributed by atoms with Crippen LogP contribution in [0.1, 0.15) is 0 Å². The van der Waals surface area contributed by atoms with Gasteiger partial charge in [0.25, 0.3) is 5.19 Å². The number of ether oxygens (including phenoxy) is 1. The van der Waals surface area contributed by atoms with Crippen LogP contribution in [0.5, 0.6) is 10.9 Å². The average Bonchev–Trinajstić information content (AvgIpc) is 2.63. The van der Waals surface area contributed by atoms with Crippen molar-refractivity contribution < 1.29 is 13.2 Å².